The summed E-state index contributed by atoms with van der Waals surface area (Å²) >= 11 is 0. The molecule has 26 heavy (non-hydrogen) atoms. The number of piperidine rings is 2. The first kappa shape index (κ1) is 16.3. The number of nitrogens with one attached hydrogen (secondary N) is 1. The summed E-state index contributed by atoms with van der Waals surface area (Å²) in [5, 5.41) is 12.1. The van der Waals surface area contributed by atoms with Gasteiger partial charge in [0.15, 0.2) is 0 Å². The summed E-state index contributed by atoms with van der Waals surface area (Å²) in [5.41, 5.74) is 2.67. The van der Waals surface area contributed by atoms with Gasteiger partial charge in [0.1, 0.15) is 5.41 Å². The summed E-state index contributed by atoms with van der Waals surface area (Å²) in [6.07, 6.45) is 2.13. The van der Waals surface area contributed by atoms with Gasteiger partial charge in [-0.1, -0.05) is 25.1 Å². The second kappa shape index (κ2) is 5.57. The van der Waals surface area contributed by atoms with Crippen molar-refractivity contribution in [3.63, 3.8) is 0 Å². The summed E-state index contributed by atoms with van der Waals surface area (Å²) in [6, 6.07) is 8.31. The van der Waals surface area contributed by atoms with Crippen molar-refractivity contribution < 1.29 is 14.6 Å². The van der Waals surface area contributed by atoms with E-state index in [0.29, 0.717) is 6.42 Å². The second-order valence-corrected chi connectivity index (χ2v) is 8.20. The molecule has 5 nitrogen and oxygen atoms in total. The zero-order valence-electron chi connectivity index (χ0n) is 15.4. The number of aromatic nitrogens is 1. The lowest BCUT2D eigenvalue weighted by atomic mass is 9.55. The van der Waals surface area contributed by atoms with Crippen molar-refractivity contribution in [2.45, 2.75) is 43.7 Å². The zero-order valence-corrected chi connectivity index (χ0v) is 15.4. The number of hydrogen-bond donors (Lipinski definition) is 2. The van der Waals surface area contributed by atoms with Gasteiger partial charge in [-0.15, -0.1) is 0 Å². The number of aliphatic hydroxyl groups is 1. The summed E-state index contributed by atoms with van der Waals surface area (Å²) in [7, 11) is 1.49. The van der Waals surface area contributed by atoms with Crippen molar-refractivity contribution >= 4 is 16.9 Å². The number of aromatic amines is 1. The molecule has 3 aliphatic heterocycles. The predicted molar refractivity (Wildman–Crippen MR) is 99.0 cm³/mol. The zero-order chi connectivity index (χ0) is 18.1. The lowest BCUT2D eigenvalue weighted by molar-refractivity contribution is -0.176. The molecule has 4 heterocycles. The minimum absolute atomic E-state index is 0.00531. The largest absolute Gasteiger partial charge is 0.468 e. The Morgan fingerprint density at radius 1 is 1.42 bits per heavy atom. The van der Waals surface area contributed by atoms with E-state index in [9.17, 15) is 9.90 Å². The molecule has 4 bridgehead atoms. The Morgan fingerprint density at radius 3 is 3.00 bits per heavy atom. The van der Waals surface area contributed by atoms with Crippen molar-refractivity contribution in [2.75, 3.05) is 20.2 Å². The molecule has 1 aliphatic carbocycles. The molecule has 2 unspecified atom stereocenters. The molecular formula is C21H26N2O3. The van der Waals surface area contributed by atoms with Gasteiger partial charge in [-0.25, -0.2) is 0 Å². The van der Waals surface area contributed by atoms with E-state index in [0.717, 1.165) is 37.1 Å². The molecule has 1 aromatic heterocycles. The Balaban J connectivity index is 1.81. The average molecular weight is 354 g/mol. The number of aliphatic hydroxyl groups excluding tert-OH is 1. The third-order valence-electron chi connectivity index (χ3n) is 7.21. The van der Waals surface area contributed by atoms with Crippen LogP contribution in [-0.4, -0.2) is 53.3 Å². The van der Waals surface area contributed by atoms with Crippen LogP contribution in [0.3, 0.4) is 0 Å². The maximum absolute atomic E-state index is 13.3. The Kier molecular flexibility index (Phi) is 3.50. The van der Waals surface area contributed by atoms with E-state index in [1.165, 1.54) is 18.1 Å². The number of H-pyrrole nitrogens is 1. The van der Waals surface area contributed by atoms with Crippen LogP contribution in [0.2, 0.25) is 0 Å². The maximum atomic E-state index is 13.3. The van der Waals surface area contributed by atoms with Crippen LogP contribution in [0.1, 0.15) is 31.0 Å². The molecule has 2 aromatic rings. The van der Waals surface area contributed by atoms with E-state index in [1.807, 2.05) is 6.07 Å². The number of rotatable bonds is 2. The van der Waals surface area contributed by atoms with Crippen molar-refractivity contribution in [3.05, 3.63) is 35.5 Å². The van der Waals surface area contributed by atoms with E-state index in [1.54, 1.807) is 0 Å². The highest BCUT2D eigenvalue weighted by Gasteiger charge is 2.65. The van der Waals surface area contributed by atoms with Gasteiger partial charge < -0.3 is 14.8 Å². The van der Waals surface area contributed by atoms with Crippen LogP contribution in [0.15, 0.2) is 24.3 Å². The minimum Gasteiger partial charge on any atom is -0.468 e. The normalized spacial score (nSPS) is 38.0. The quantitative estimate of drug-likeness (QED) is 0.812. The Morgan fingerprint density at radius 2 is 2.23 bits per heavy atom. The van der Waals surface area contributed by atoms with Crippen LogP contribution in [0, 0.1) is 11.8 Å². The Bertz CT molecular complexity index is 875. The topological polar surface area (TPSA) is 65.6 Å². The fraction of sp³-hybridized carbons (Fsp3) is 0.571. The molecule has 6 atom stereocenters. The summed E-state index contributed by atoms with van der Waals surface area (Å²) in [5.74, 6) is 0.0534. The van der Waals surface area contributed by atoms with Crippen LogP contribution >= 0.6 is 0 Å². The fourth-order valence-corrected chi connectivity index (χ4v) is 6.26. The average Bonchev–Trinajstić information content (AvgIpc) is 3.01. The SMILES string of the molecule is CC[C@H]1C(O)[C@H]2CN3CCc4c([nH]c5ccccc45)[C@](C(=O)OC)(C2)[C@H]13. The molecule has 1 aromatic carbocycles. The van der Waals surface area contributed by atoms with E-state index in [-0.39, 0.29) is 30.0 Å². The number of benzene rings is 1. The van der Waals surface area contributed by atoms with Gasteiger partial charge in [0, 0.05) is 41.6 Å². The first-order valence-corrected chi connectivity index (χ1v) is 9.72. The molecule has 0 amide bonds. The number of esters is 1. The number of para-hydroxylation sites is 1. The summed E-state index contributed by atoms with van der Waals surface area (Å²) in [6.45, 7) is 3.93. The smallest absolute Gasteiger partial charge is 0.319 e. The van der Waals surface area contributed by atoms with Crippen LogP contribution < -0.4 is 0 Å². The summed E-state index contributed by atoms with van der Waals surface area (Å²) in [4.78, 5) is 19.4. The first-order chi connectivity index (χ1) is 12.6. The van der Waals surface area contributed by atoms with Crippen molar-refractivity contribution in [1.82, 2.24) is 9.88 Å². The van der Waals surface area contributed by atoms with Gasteiger partial charge in [0.25, 0.3) is 0 Å². The molecule has 4 aliphatic rings. The van der Waals surface area contributed by atoms with Gasteiger partial charge in [0.05, 0.1) is 13.2 Å². The highest BCUT2D eigenvalue weighted by Crippen LogP contribution is 2.55. The van der Waals surface area contributed by atoms with Gasteiger partial charge in [-0.3, -0.25) is 9.69 Å². The van der Waals surface area contributed by atoms with Crippen LogP contribution in [0.25, 0.3) is 10.9 Å². The lowest BCUT2D eigenvalue weighted by Crippen LogP contribution is -2.71. The minimum atomic E-state index is -0.706. The highest BCUT2D eigenvalue weighted by molar-refractivity contribution is 5.91. The summed E-state index contributed by atoms with van der Waals surface area (Å²) < 4.78 is 5.39. The van der Waals surface area contributed by atoms with Crippen LogP contribution in [0.5, 0.6) is 0 Å². The van der Waals surface area contributed by atoms with Gasteiger partial charge in [-0.2, -0.15) is 0 Å². The molecule has 0 radical (unpaired) electrons. The highest BCUT2D eigenvalue weighted by atomic mass is 16.5. The van der Waals surface area contributed by atoms with E-state index in [4.69, 9.17) is 4.74 Å². The first-order valence-electron chi connectivity index (χ1n) is 9.72. The van der Waals surface area contributed by atoms with E-state index in [2.05, 4.69) is 35.0 Å². The van der Waals surface area contributed by atoms with Gasteiger partial charge >= 0.3 is 5.97 Å². The predicted octanol–water partition coefficient (Wildman–Crippen LogP) is 2.23. The molecule has 2 N–H and O–H groups in total. The number of hydrogen-bond acceptors (Lipinski definition) is 4. The molecule has 0 spiro atoms. The standard InChI is InChI=1S/C21H26N2O3/c1-3-13-17(24)12-10-21(20(25)26-2)18-15(8-9-23(11-12)19(13)21)14-6-4-5-7-16(14)22-18/h4-7,12-13,17,19,22,24H,3,8-11H2,1-2H3/t12-,13+,17?,19+,21-/m1/s1. The second-order valence-electron chi connectivity index (χ2n) is 8.20. The van der Waals surface area contributed by atoms with Crippen LogP contribution in [-0.2, 0) is 21.4 Å². The number of nitrogens with zero attached hydrogens (tertiary/aromatic N) is 1. The van der Waals surface area contributed by atoms with Crippen molar-refractivity contribution in [3.8, 4) is 0 Å². The Hall–Kier alpha value is -1.85. The molecule has 3 fully saturated rings. The van der Waals surface area contributed by atoms with Gasteiger partial charge in [-0.05, 0) is 36.8 Å². The Labute approximate surface area is 153 Å². The van der Waals surface area contributed by atoms with Crippen LogP contribution in [0.4, 0.5) is 0 Å². The molecule has 2 saturated heterocycles. The van der Waals surface area contributed by atoms with E-state index < -0.39 is 5.41 Å². The monoisotopic (exact) mass is 354 g/mol. The molecule has 1 saturated carbocycles. The van der Waals surface area contributed by atoms with E-state index >= 15 is 0 Å². The third kappa shape index (κ3) is 1.85. The van der Waals surface area contributed by atoms with Crippen molar-refractivity contribution in [1.29, 1.82) is 0 Å². The van der Waals surface area contributed by atoms with Crippen molar-refractivity contribution in [2.24, 2.45) is 11.8 Å². The molecule has 6 rings (SSSR count). The number of carbonyl (C=O) groups excluding carboxylic acids is 1. The lowest BCUT2D eigenvalue weighted by Gasteiger charge is -2.59. The fourth-order valence-electron chi connectivity index (χ4n) is 6.26. The maximum Gasteiger partial charge on any atom is 0.319 e. The molecule has 138 valence electrons. The van der Waals surface area contributed by atoms with Gasteiger partial charge in [0.2, 0.25) is 0 Å². The third-order valence-corrected chi connectivity index (χ3v) is 7.21. The number of carbonyl (C=O) groups is 1. The number of ether oxygens (including phenoxy) is 1. The molecular weight excluding hydrogens is 328 g/mol. The molecule has 5 heteroatoms. The number of fused-ring (bicyclic) bond motifs is 4. The number of methoxy groups -OCH3 is 1.